The maximum absolute atomic E-state index is 6.32. The van der Waals surface area contributed by atoms with Gasteiger partial charge in [-0.2, -0.15) is 4.98 Å². The molecule has 108 valence electrons. The Morgan fingerprint density at radius 2 is 2.00 bits per heavy atom. The van der Waals surface area contributed by atoms with Crippen LogP contribution < -0.4 is 5.73 Å². The van der Waals surface area contributed by atoms with Gasteiger partial charge in [0.2, 0.25) is 0 Å². The summed E-state index contributed by atoms with van der Waals surface area (Å²) in [5.74, 6) is 1.04. The van der Waals surface area contributed by atoms with Crippen molar-refractivity contribution >= 4 is 24.0 Å². The predicted octanol–water partition coefficient (Wildman–Crippen LogP) is 3.85. The van der Waals surface area contributed by atoms with Crippen LogP contribution >= 0.6 is 24.0 Å². The van der Waals surface area contributed by atoms with Crippen LogP contribution in [0.3, 0.4) is 0 Å². The summed E-state index contributed by atoms with van der Waals surface area (Å²) in [5.41, 5.74) is 7.74. The van der Waals surface area contributed by atoms with Gasteiger partial charge in [-0.05, 0) is 37.5 Å². The maximum Gasteiger partial charge on any atom is 0.259 e. The Labute approximate surface area is 129 Å². The number of aryl methyl sites for hydroxylation is 1. The molecule has 1 aliphatic carbocycles. The molecule has 0 atom stereocenters. The van der Waals surface area contributed by atoms with Crippen LogP contribution in [0, 0.1) is 6.92 Å². The van der Waals surface area contributed by atoms with Crippen LogP contribution in [0.1, 0.15) is 37.1 Å². The summed E-state index contributed by atoms with van der Waals surface area (Å²) in [6.07, 6.45) is 4.05. The zero-order valence-electron chi connectivity index (χ0n) is 11.2. The third-order valence-electron chi connectivity index (χ3n) is 3.72. The molecule has 20 heavy (non-hydrogen) atoms. The highest BCUT2D eigenvalue weighted by Gasteiger charge is 2.36. The lowest BCUT2D eigenvalue weighted by atomic mass is 9.99. The van der Waals surface area contributed by atoms with Gasteiger partial charge in [0, 0.05) is 0 Å². The smallest absolute Gasteiger partial charge is 0.259 e. The minimum absolute atomic E-state index is 0. The summed E-state index contributed by atoms with van der Waals surface area (Å²) in [6.45, 7) is 1.99. The van der Waals surface area contributed by atoms with Crippen LogP contribution in [-0.2, 0) is 5.54 Å². The molecule has 1 saturated carbocycles. The second-order valence-corrected chi connectivity index (χ2v) is 5.68. The molecule has 1 aromatic carbocycles. The van der Waals surface area contributed by atoms with Gasteiger partial charge in [0.15, 0.2) is 5.82 Å². The van der Waals surface area contributed by atoms with Crippen molar-refractivity contribution in [3.05, 3.63) is 34.6 Å². The molecule has 0 unspecified atom stereocenters. The van der Waals surface area contributed by atoms with Gasteiger partial charge in [0.25, 0.3) is 5.89 Å². The molecule has 6 heteroatoms. The van der Waals surface area contributed by atoms with E-state index in [0.717, 1.165) is 36.8 Å². The van der Waals surface area contributed by atoms with Crippen LogP contribution in [0.2, 0.25) is 5.02 Å². The molecule has 1 aliphatic rings. The van der Waals surface area contributed by atoms with E-state index in [0.29, 0.717) is 16.7 Å². The molecule has 1 aromatic heterocycles. The van der Waals surface area contributed by atoms with E-state index < -0.39 is 5.54 Å². The second kappa shape index (κ2) is 5.72. The monoisotopic (exact) mass is 313 g/mol. The van der Waals surface area contributed by atoms with Gasteiger partial charge in [-0.3, -0.25) is 0 Å². The quantitative estimate of drug-likeness (QED) is 0.914. The molecular formula is C14H17Cl2N3O. The lowest BCUT2D eigenvalue weighted by Crippen LogP contribution is -2.34. The lowest BCUT2D eigenvalue weighted by Gasteiger charge is -2.17. The van der Waals surface area contributed by atoms with Gasteiger partial charge in [-0.15, -0.1) is 12.4 Å². The SMILES string of the molecule is Cc1ccc(-c2nc(C3(N)CCCC3)no2)c(Cl)c1.Cl. The highest BCUT2D eigenvalue weighted by atomic mass is 35.5. The lowest BCUT2D eigenvalue weighted by molar-refractivity contribution is 0.372. The molecule has 0 bridgehead atoms. The Hall–Kier alpha value is -1.10. The third-order valence-corrected chi connectivity index (χ3v) is 4.03. The fourth-order valence-corrected chi connectivity index (χ4v) is 2.87. The molecule has 4 nitrogen and oxygen atoms in total. The van der Waals surface area contributed by atoms with Crippen molar-refractivity contribution in [1.29, 1.82) is 0 Å². The van der Waals surface area contributed by atoms with Crippen molar-refractivity contribution in [2.24, 2.45) is 5.73 Å². The van der Waals surface area contributed by atoms with Crippen molar-refractivity contribution in [1.82, 2.24) is 10.1 Å². The van der Waals surface area contributed by atoms with Crippen molar-refractivity contribution in [2.75, 3.05) is 0 Å². The molecule has 0 saturated heterocycles. The summed E-state index contributed by atoms with van der Waals surface area (Å²) < 4.78 is 5.32. The average molecular weight is 314 g/mol. The van der Waals surface area contributed by atoms with Crippen LogP contribution in [0.15, 0.2) is 22.7 Å². The standard InChI is InChI=1S/C14H16ClN3O.ClH/c1-9-4-5-10(11(15)8-9)12-17-13(18-19-12)14(16)6-2-3-7-14;/h4-5,8H,2-3,6-7,16H2,1H3;1H. The van der Waals surface area contributed by atoms with Gasteiger partial charge in [0.05, 0.1) is 16.1 Å². The van der Waals surface area contributed by atoms with Gasteiger partial charge in [-0.25, -0.2) is 0 Å². The summed E-state index contributed by atoms with van der Waals surface area (Å²) in [5, 5.41) is 4.66. The second-order valence-electron chi connectivity index (χ2n) is 5.27. The highest BCUT2D eigenvalue weighted by molar-refractivity contribution is 6.33. The predicted molar refractivity (Wildman–Crippen MR) is 81.1 cm³/mol. The zero-order valence-corrected chi connectivity index (χ0v) is 12.8. The Balaban J connectivity index is 0.00000147. The number of hydrogen-bond acceptors (Lipinski definition) is 4. The van der Waals surface area contributed by atoms with E-state index in [1.54, 1.807) is 0 Å². The number of benzene rings is 1. The molecule has 0 radical (unpaired) electrons. The molecular weight excluding hydrogens is 297 g/mol. The summed E-state index contributed by atoms with van der Waals surface area (Å²) >= 11 is 6.21. The van der Waals surface area contributed by atoms with Crippen LogP contribution in [0.4, 0.5) is 0 Å². The van der Waals surface area contributed by atoms with Crippen molar-refractivity contribution in [3.63, 3.8) is 0 Å². The number of aromatic nitrogens is 2. The molecule has 1 fully saturated rings. The van der Waals surface area contributed by atoms with E-state index in [-0.39, 0.29) is 12.4 Å². The molecule has 1 heterocycles. The maximum atomic E-state index is 6.32. The van der Waals surface area contributed by atoms with Gasteiger partial charge in [-0.1, -0.05) is 35.7 Å². The molecule has 3 rings (SSSR count). The molecule has 2 aromatic rings. The normalized spacial score (nSPS) is 16.9. The Morgan fingerprint density at radius 1 is 1.30 bits per heavy atom. The molecule has 2 N–H and O–H groups in total. The van der Waals surface area contributed by atoms with Gasteiger partial charge >= 0.3 is 0 Å². The first kappa shape index (κ1) is 15.3. The Kier molecular flexibility index (Phi) is 4.37. The van der Waals surface area contributed by atoms with Crippen molar-refractivity contribution in [2.45, 2.75) is 38.1 Å². The van der Waals surface area contributed by atoms with Gasteiger partial charge < -0.3 is 10.3 Å². The van der Waals surface area contributed by atoms with E-state index in [9.17, 15) is 0 Å². The minimum Gasteiger partial charge on any atom is -0.334 e. The molecule has 0 amide bonds. The first-order chi connectivity index (χ1) is 9.08. The first-order valence-corrected chi connectivity index (χ1v) is 6.86. The topological polar surface area (TPSA) is 64.9 Å². The summed E-state index contributed by atoms with van der Waals surface area (Å²) in [7, 11) is 0. The van der Waals surface area contributed by atoms with E-state index >= 15 is 0 Å². The average Bonchev–Trinajstić information content (AvgIpc) is 2.99. The number of rotatable bonds is 2. The van der Waals surface area contributed by atoms with Gasteiger partial charge in [0.1, 0.15) is 0 Å². The van der Waals surface area contributed by atoms with Crippen LogP contribution in [-0.4, -0.2) is 10.1 Å². The van der Waals surface area contributed by atoms with Crippen LogP contribution in [0.25, 0.3) is 11.5 Å². The Morgan fingerprint density at radius 3 is 2.65 bits per heavy atom. The molecule has 0 spiro atoms. The number of halogens is 2. The van der Waals surface area contributed by atoms with E-state index in [1.807, 2.05) is 25.1 Å². The zero-order chi connectivity index (χ0) is 13.5. The van der Waals surface area contributed by atoms with E-state index in [1.165, 1.54) is 0 Å². The Bertz CT molecular complexity index is 606. The fraction of sp³-hybridized carbons (Fsp3) is 0.429. The summed E-state index contributed by atoms with van der Waals surface area (Å²) in [6, 6.07) is 5.75. The first-order valence-electron chi connectivity index (χ1n) is 6.48. The van der Waals surface area contributed by atoms with E-state index in [4.69, 9.17) is 21.9 Å². The largest absolute Gasteiger partial charge is 0.334 e. The third kappa shape index (κ3) is 2.68. The van der Waals surface area contributed by atoms with E-state index in [2.05, 4.69) is 10.1 Å². The van der Waals surface area contributed by atoms with Crippen molar-refractivity contribution in [3.8, 4) is 11.5 Å². The summed E-state index contributed by atoms with van der Waals surface area (Å²) in [4.78, 5) is 4.44. The number of nitrogens with zero attached hydrogens (tertiary/aromatic N) is 2. The highest BCUT2D eigenvalue weighted by Crippen LogP contribution is 2.36. The van der Waals surface area contributed by atoms with Crippen LogP contribution in [0.5, 0.6) is 0 Å². The number of nitrogens with two attached hydrogens (primary N) is 1. The minimum atomic E-state index is -0.432. The number of hydrogen-bond donors (Lipinski definition) is 1. The molecule has 0 aliphatic heterocycles. The fourth-order valence-electron chi connectivity index (χ4n) is 2.56. The van der Waals surface area contributed by atoms with Crippen molar-refractivity contribution < 1.29 is 4.52 Å².